The van der Waals surface area contributed by atoms with Crippen LogP contribution in [0.3, 0.4) is 0 Å². The van der Waals surface area contributed by atoms with Gasteiger partial charge in [-0.1, -0.05) is 17.7 Å². The van der Waals surface area contributed by atoms with Crippen LogP contribution in [0.5, 0.6) is 0 Å². The van der Waals surface area contributed by atoms with Gasteiger partial charge in [-0.15, -0.1) is 0 Å². The highest BCUT2D eigenvalue weighted by Crippen LogP contribution is 2.23. The Hall–Kier alpha value is -1.45. The van der Waals surface area contributed by atoms with Crippen LogP contribution in [-0.2, 0) is 24.7 Å². The second-order valence-corrected chi connectivity index (χ2v) is 11.2. The molecule has 0 aliphatic carbocycles. The van der Waals surface area contributed by atoms with Crippen LogP contribution in [0, 0.1) is 12.8 Å². The molecule has 0 aromatic heterocycles. The Morgan fingerprint density at radius 3 is 2.27 bits per heavy atom. The summed E-state index contributed by atoms with van der Waals surface area (Å²) in [7, 11) is -6.54. The number of aryl methyl sites for hydroxylation is 1. The van der Waals surface area contributed by atoms with Gasteiger partial charge in [-0.25, -0.2) is 16.8 Å². The van der Waals surface area contributed by atoms with Crippen molar-refractivity contribution in [1.29, 1.82) is 0 Å². The topological polar surface area (TPSA) is 91.8 Å². The quantitative estimate of drug-likeness (QED) is 0.740. The molecule has 2 heterocycles. The average molecular weight is 401 g/mol. The van der Waals surface area contributed by atoms with E-state index >= 15 is 0 Å². The molecule has 9 heteroatoms. The van der Waals surface area contributed by atoms with E-state index in [2.05, 4.69) is 0 Å². The summed E-state index contributed by atoms with van der Waals surface area (Å²) in [5.74, 6) is 0.0508. The van der Waals surface area contributed by atoms with Crippen LogP contribution < -0.4 is 0 Å². The van der Waals surface area contributed by atoms with E-state index in [0.717, 1.165) is 5.56 Å². The van der Waals surface area contributed by atoms with E-state index < -0.39 is 19.9 Å². The van der Waals surface area contributed by atoms with Gasteiger partial charge >= 0.3 is 0 Å². The highest BCUT2D eigenvalue weighted by molar-refractivity contribution is 7.91. The molecule has 0 saturated carbocycles. The number of carbonyl (C=O) groups excluding carboxylic acids is 1. The van der Waals surface area contributed by atoms with Crippen LogP contribution in [0.25, 0.3) is 0 Å². The molecule has 144 valence electrons. The summed E-state index contributed by atoms with van der Waals surface area (Å²) in [6, 6.07) is 6.73. The minimum absolute atomic E-state index is 0.0838. The van der Waals surface area contributed by atoms with Crippen molar-refractivity contribution >= 4 is 25.8 Å². The molecule has 0 N–H and O–H groups in total. The maximum absolute atomic E-state index is 12.7. The zero-order chi connectivity index (χ0) is 18.9. The van der Waals surface area contributed by atoms with E-state index in [0.29, 0.717) is 19.5 Å². The number of sulfonamides is 1. The van der Waals surface area contributed by atoms with Crippen molar-refractivity contribution in [3.05, 3.63) is 29.8 Å². The number of hydrogen-bond acceptors (Lipinski definition) is 5. The normalized spacial score (nSPS) is 23.9. The minimum Gasteiger partial charge on any atom is -0.340 e. The zero-order valence-electron chi connectivity index (χ0n) is 14.8. The fraction of sp³-hybridized carbons (Fsp3) is 0.588. The van der Waals surface area contributed by atoms with Crippen LogP contribution in [0.4, 0.5) is 0 Å². The summed E-state index contributed by atoms with van der Waals surface area (Å²) in [6.07, 6.45) is 0.764. The summed E-state index contributed by atoms with van der Waals surface area (Å²) >= 11 is 0. The van der Waals surface area contributed by atoms with Gasteiger partial charge in [0.2, 0.25) is 15.9 Å². The zero-order valence-corrected chi connectivity index (χ0v) is 16.4. The predicted molar refractivity (Wildman–Crippen MR) is 97.9 cm³/mol. The van der Waals surface area contributed by atoms with Crippen LogP contribution in [-0.4, -0.2) is 69.6 Å². The smallest absolute Gasteiger partial charge is 0.243 e. The minimum atomic E-state index is -3.55. The Kier molecular flexibility index (Phi) is 5.41. The number of carbonyl (C=O) groups is 1. The maximum Gasteiger partial charge on any atom is 0.243 e. The molecule has 0 unspecified atom stereocenters. The van der Waals surface area contributed by atoms with Gasteiger partial charge in [0.1, 0.15) is 0 Å². The van der Waals surface area contributed by atoms with E-state index in [9.17, 15) is 21.6 Å². The van der Waals surface area contributed by atoms with Crippen molar-refractivity contribution in [2.24, 2.45) is 5.92 Å². The lowest BCUT2D eigenvalue weighted by Gasteiger charge is -2.34. The van der Waals surface area contributed by atoms with Crippen molar-refractivity contribution in [3.8, 4) is 0 Å². The van der Waals surface area contributed by atoms with Gasteiger partial charge in [-0.3, -0.25) is 4.79 Å². The van der Waals surface area contributed by atoms with Crippen molar-refractivity contribution in [2.45, 2.75) is 24.7 Å². The van der Waals surface area contributed by atoms with Gasteiger partial charge in [-0.2, -0.15) is 4.31 Å². The molecule has 1 aromatic rings. The molecule has 2 aliphatic heterocycles. The number of hydrogen-bond donors (Lipinski definition) is 0. The van der Waals surface area contributed by atoms with E-state index in [1.807, 2.05) is 6.92 Å². The van der Waals surface area contributed by atoms with Gasteiger partial charge in [0.15, 0.2) is 9.84 Å². The van der Waals surface area contributed by atoms with Crippen molar-refractivity contribution in [2.75, 3.05) is 37.7 Å². The third kappa shape index (κ3) is 4.27. The fourth-order valence-electron chi connectivity index (χ4n) is 3.45. The summed E-state index contributed by atoms with van der Waals surface area (Å²) in [6.45, 7) is 3.08. The van der Waals surface area contributed by atoms with Gasteiger partial charge in [0, 0.05) is 32.6 Å². The van der Waals surface area contributed by atoms with Gasteiger partial charge in [0.05, 0.1) is 16.4 Å². The van der Waals surface area contributed by atoms with Crippen molar-refractivity contribution < 1.29 is 21.6 Å². The molecule has 3 rings (SSSR count). The molecule has 0 radical (unpaired) electrons. The molecule has 2 aliphatic rings. The average Bonchev–Trinajstić information content (AvgIpc) is 2.94. The number of piperazine rings is 1. The summed E-state index contributed by atoms with van der Waals surface area (Å²) in [5.41, 5.74) is 0.994. The van der Waals surface area contributed by atoms with Crippen LogP contribution >= 0.6 is 0 Å². The van der Waals surface area contributed by atoms with Gasteiger partial charge in [0.25, 0.3) is 0 Å². The van der Waals surface area contributed by atoms with E-state index in [1.54, 1.807) is 29.2 Å². The Morgan fingerprint density at radius 1 is 1.12 bits per heavy atom. The lowest BCUT2D eigenvalue weighted by Crippen LogP contribution is -2.50. The summed E-state index contributed by atoms with van der Waals surface area (Å²) in [4.78, 5) is 14.3. The van der Waals surface area contributed by atoms with Gasteiger partial charge in [-0.05, 0) is 31.4 Å². The summed E-state index contributed by atoms with van der Waals surface area (Å²) in [5, 5.41) is 0. The first-order valence-electron chi connectivity index (χ1n) is 8.72. The van der Waals surface area contributed by atoms with Crippen LogP contribution in [0.15, 0.2) is 29.2 Å². The number of benzene rings is 1. The first-order valence-corrected chi connectivity index (χ1v) is 12.0. The molecule has 2 fully saturated rings. The molecule has 26 heavy (non-hydrogen) atoms. The molecule has 1 atom stereocenters. The van der Waals surface area contributed by atoms with E-state index in [-0.39, 0.29) is 47.7 Å². The Bertz CT molecular complexity index is 870. The molecular weight excluding hydrogens is 376 g/mol. The third-order valence-corrected chi connectivity index (χ3v) is 8.79. The third-order valence-electron chi connectivity index (χ3n) is 5.04. The second kappa shape index (κ2) is 7.28. The largest absolute Gasteiger partial charge is 0.340 e. The molecule has 1 amide bonds. The molecule has 1 aromatic carbocycles. The van der Waals surface area contributed by atoms with Crippen LogP contribution in [0.1, 0.15) is 18.4 Å². The molecule has 0 bridgehead atoms. The number of rotatable bonds is 4. The highest BCUT2D eigenvalue weighted by atomic mass is 32.2. The molecule has 0 spiro atoms. The number of sulfone groups is 1. The lowest BCUT2D eigenvalue weighted by molar-refractivity contribution is -0.133. The first-order chi connectivity index (χ1) is 12.2. The fourth-order valence-corrected chi connectivity index (χ4v) is 6.73. The first kappa shape index (κ1) is 19.3. The van der Waals surface area contributed by atoms with Crippen molar-refractivity contribution in [1.82, 2.24) is 9.21 Å². The van der Waals surface area contributed by atoms with E-state index in [1.165, 1.54) is 4.31 Å². The van der Waals surface area contributed by atoms with E-state index in [4.69, 9.17) is 0 Å². The highest BCUT2D eigenvalue weighted by Gasteiger charge is 2.33. The number of amides is 1. The number of nitrogens with zero attached hydrogens (tertiary/aromatic N) is 2. The molecular formula is C17H24N2O5S2. The lowest BCUT2D eigenvalue weighted by atomic mass is 10.0. The summed E-state index contributed by atoms with van der Waals surface area (Å²) < 4.78 is 49.8. The van der Waals surface area contributed by atoms with Gasteiger partial charge < -0.3 is 4.90 Å². The monoisotopic (exact) mass is 400 g/mol. The maximum atomic E-state index is 12.7. The SMILES string of the molecule is Cc1ccc(S(=O)(=O)N2CCN(C(=O)C[C@H]3CCS(=O)(=O)C3)CC2)cc1. The Balaban J connectivity index is 1.57. The van der Waals surface area contributed by atoms with Crippen LogP contribution in [0.2, 0.25) is 0 Å². The molecule has 2 saturated heterocycles. The predicted octanol–water partition coefficient (Wildman–Crippen LogP) is 0.653. The Morgan fingerprint density at radius 2 is 1.73 bits per heavy atom. The van der Waals surface area contributed by atoms with Crippen molar-refractivity contribution in [3.63, 3.8) is 0 Å². The molecule has 7 nitrogen and oxygen atoms in total. The standard InChI is InChI=1S/C17H24N2O5S2/c1-14-2-4-16(5-3-14)26(23,24)19-9-7-18(8-10-19)17(20)12-15-6-11-25(21,22)13-15/h2-5,15H,6-13H2,1H3/t15-/m1/s1. The second-order valence-electron chi connectivity index (χ2n) is 7.07. The Labute approximate surface area is 155 Å².